The molecule has 2 aromatic heterocycles. The molecule has 0 bridgehead atoms. The van der Waals surface area contributed by atoms with Crippen molar-refractivity contribution in [2.45, 2.75) is 18.9 Å². The third-order valence-electron chi connectivity index (χ3n) is 3.33. The zero-order chi connectivity index (χ0) is 13.1. The fourth-order valence-electron chi connectivity index (χ4n) is 2.31. The predicted octanol–water partition coefficient (Wildman–Crippen LogP) is 1.50. The van der Waals surface area contributed by atoms with E-state index in [1.54, 1.807) is 12.4 Å². The van der Waals surface area contributed by atoms with Gasteiger partial charge in [-0.2, -0.15) is 0 Å². The van der Waals surface area contributed by atoms with Gasteiger partial charge in [-0.25, -0.2) is 9.97 Å². The van der Waals surface area contributed by atoms with Crippen LogP contribution in [-0.4, -0.2) is 39.3 Å². The first-order valence-electron chi connectivity index (χ1n) is 6.48. The minimum atomic E-state index is -0.266. The summed E-state index contributed by atoms with van der Waals surface area (Å²) >= 11 is 0. The Kier molecular flexibility index (Phi) is 3.37. The van der Waals surface area contributed by atoms with Crippen LogP contribution >= 0.6 is 0 Å². The summed E-state index contributed by atoms with van der Waals surface area (Å²) in [5.41, 5.74) is 2.03. The molecule has 0 radical (unpaired) electrons. The van der Waals surface area contributed by atoms with Crippen molar-refractivity contribution in [3.05, 3.63) is 36.9 Å². The minimum absolute atomic E-state index is 0.266. The summed E-state index contributed by atoms with van der Waals surface area (Å²) in [6.45, 7) is 1.53. The Bertz CT molecular complexity index is 529. The smallest absolute Gasteiger partial charge is 0.225 e. The van der Waals surface area contributed by atoms with Crippen molar-refractivity contribution < 1.29 is 5.11 Å². The summed E-state index contributed by atoms with van der Waals surface area (Å²) in [6, 6.07) is 3.87. The van der Waals surface area contributed by atoms with Crippen molar-refractivity contribution in [2.75, 3.05) is 18.0 Å². The van der Waals surface area contributed by atoms with Crippen LogP contribution in [0.15, 0.2) is 36.9 Å². The summed E-state index contributed by atoms with van der Waals surface area (Å²) < 4.78 is 0. The molecule has 1 saturated heterocycles. The zero-order valence-electron chi connectivity index (χ0n) is 10.6. The number of β-amino-alcohol motifs (C(OH)–C–C–N with tert-alkyl or cyclic N) is 1. The molecule has 1 atom stereocenters. The molecule has 0 aliphatic carbocycles. The molecule has 1 unspecified atom stereocenters. The molecule has 0 spiro atoms. The normalized spacial score (nSPS) is 19.4. The number of hydrogen-bond donors (Lipinski definition) is 1. The van der Waals surface area contributed by atoms with E-state index in [4.69, 9.17) is 0 Å². The summed E-state index contributed by atoms with van der Waals surface area (Å²) in [6.07, 6.45) is 8.73. The lowest BCUT2D eigenvalue weighted by Crippen LogP contribution is -2.39. The van der Waals surface area contributed by atoms with Crippen molar-refractivity contribution >= 4 is 5.95 Å². The number of anilines is 1. The maximum Gasteiger partial charge on any atom is 0.225 e. The number of pyridine rings is 1. The van der Waals surface area contributed by atoms with Gasteiger partial charge in [-0.15, -0.1) is 0 Å². The lowest BCUT2D eigenvalue weighted by atomic mass is 10.1. The molecule has 0 aromatic carbocycles. The van der Waals surface area contributed by atoms with Crippen LogP contribution in [-0.2, 0) is 0 Å². The monoisotopic (exact) mass is 256 g/mol. The van der Waals surface area contributed by atoms with Crippen LogP contribution in [0.2, 0.25) is 0 Å². The predicted molar refractivity (Wildman–Crippen MR) is 72.7 cm³/mol. The van der Waals surface area contributed by atoms with E-state index in [0.717, 1.165) is 30.5 Å². The number of piperidine rings is 1. The number of aromatic nitrogens is 3. The highest BCUT2D eigenvalue weighted by Gasteiger charge is 2.19. The quantitative estimate of drug-likeness (QED) is 0.882. The molecule has 1 fully saturated rings. The first-order chi connectivity index (χ1) is 9.33. The number of nitrogens with zero attached hydrogens (tertiary/aromatic N) is 4. The molecule has 98 valence electrons. The largest absolute Gasteiger partial charge is 0.391 e. The van der Waals surface area contributed by atoms with Gasteiger partial charge in [0.15, 0.2) is 0 Å². The van der Waals surface area contributed by atoms with Crippen molar-refractivity contribution in [1.82, 2.24) is 15.0 Å². The van der Waals surface area contributed by atoms with Gasteiger partial charge in [-0.3, -0.25) is 4.98 Å². The first-order valence-corrected chi connectivity index (χ1v) is 6.48. The van der Waals surface area contributed by atoms with Gasteiger partial charge in [0.2, 0.25) is 5.95 Å². The lowest BCUT2D eigenvalue weighted by molar-refractivity contribution is 0.153. The van der Waals surface area contributed by atoms with E-state index < -0.39 is 0 Å². The fourth-order valence-corrected chi connectivity index (χ4v) is 2.31. The molecule has 2 aromatic rings. The Balaban J connectivity index is 1.79. The zero-order valence-corrected chi connectivity index (χ0v) is 10.6. The Morgan fingerprint density at radius 1 is 1.11 bits per heavy atom. The van der Waals surface area contributed by atoms with Gasteiger partial charge >= 0.3 is 0 Å². The molecule has 19 heavy (non-hydrogen) atoms. The standard InChI is InChI=1S/C14H16N4O/c19-13-2-1-7-18(10-13)14-16-8-12(9-17-14)11-3-5-15-6-4-11/h3-6,8-9,13,19H,1-2,7,10H2. The van der Waals surface area contributed by atoms with Crippen LogP contribution in [0, 0.1) is 0 Å². The molecule has 1 N–H and O–H groups in total. The van der Waals surface area contributed by atoms with E-state index in [2.05, 4.69) is 15.0 Å². The summed E-state index contributed by atoms with van der Waals surface area (Å²) in [5, 5.41) is 9.67. The molecule has 0 amide bonds. The van der Waals surface area contributed by atoms with E-state index in [1.165, 1.54) is 0 Å². The average Bonchev–Trinajstić information content (AvgIpc) is 2.48. The molecule has 5 nitrogen and oxygen atoms in total. The van der Waals surface area contributed by atoms with Crippen LogP contribution in [0.5, 0.6) is 0 Å². The van der Waals surface area contributed by atoms with Crippen LogP contribution in [0.25, 0.3) is 11.1 Å². The van der Waals surface area contributed by atoms with E-state index in [9.17, 15) is 5.11 Å². The molecule has 1 aliphatic heterocycles. The van der Waals surface area contributed by atoms with Crippen LogP contribution in [0.3, 0.4) is 0 Å². The first kappa shape index (κ1) is 12.0. The van der Waals surface area contributed by atoms with E-state index in [-0.39, 0.29) is 6.10 Å². The maximum absolute atomic E-state index is 9.67. The molecule has 3 heterocycles. The molecule has 3 rings (SSSR count). The van der Waals surface area contributed by atoms with Gasteiger partial charge in [0.05, 0.1) is 6.10 Å². The summed E-state index contributed by atoms with van der Waals surface area (Å²) in [5.74, 6) is 0.691. The second-order valence-corrected chi connectivity index (χ2v) is 4.75. The van der Waals surface area contributed by atoms with Crippen LogP contribution in [0.4, 0.5) is 5.95 Å². The molecular weight excluding hydrogens is 240 g/mol. The van der Waals surface area contributed by atoms with E-state index >= 15 is 0 Å². The molecular formula is C14H16N4O. The number of rotatable bonds is 2. The SMILES string of the molecule is OC1CCCN(c2ncc(-c3ccncc3)cn2)C1. The van der Waals surface area contributed by atoms with Gasteiger partial charge in [0.25, 0.3) is 0 Å². The topological polar surface area (TPSA) is 62.1 Å². The maximum atomic E-state index is 9.67. The second-order valence-electron chi connectivity index (χ2n) is 4.75. The van der Waals surface area contributed by atoms with Crippen molar-refractivity contribution in [2.24, 2.45) is 0 Å². The van der Waals surface area contributed by atoms with Gasteiger partial charge in [-0.05, 0) is 30.5 Å². The van der Waals surface area contributed by atoms with Gasteiger partial charge < -0.3 is 10.0 Å². The van der Waals surface area contributed by atoms with Crippen LogP contribution in [0.1, 0.15) is 12.8 Å². The highest BCUT2D eigenvalue weighted by molar-refractivity contribution is 5.61. The molecule has 1 aliphatic rings. The Labute approximate surface area is 112 Å². The van der Waals surface area contributed by atoms with Gasteiger partial charge in [0, 0.05) is 43.4 Å². The van der Waals surface area contributed by atoms with E-state index in [1.807, 2.05) is 29.4 Å². The molecule has 0 saturated carbocycles. The highest BCUT2D eigenvalue weighted by atomic mass is 16.3. The Morgan fingerprint density at radius 3 is 2.53 bits per heavy atom. The van der Waals surface area contributed by atoms with Gasteiger partial charge in [-0.1, -0.05) is 0 Å². The number of aliphatic hydroxyl groups excluding tert-OH is 1. The third-order valence-corrected chi connectivity index (χ3v) is 3.33. The van der Waals surface area contributed by atoms with Crippen molar-refractivity contribution in [3.8, 4) is 11.1 Å². The molecule has 5 heteroatoms. The highest BCUT2D eigenvalue weighted by Crippen LogP contribution is 2.20. The summed E-state index contributed by atoms with van der Waals surface area (Å²) in [4.78, 5) is 14.8. The summed E-state index contributed by atoms with van der Waals surface area (Å²) in [7, 11) is 0. The van der Waals surface area contributed by atoms with Crippen molar-refractivity contribution in [1.29, 1.82) is 0 Å². The average molecular weight is 256 g/mol. The fraction of sp³-hybridized carbons (Fsp3) is 0.357. The minimum Gasteiger partial charge on any atom is -0.391 e. The Morgan fingerprint density at radius 2 is 1.84 bits per heavy atom. The lowest BCUT2D eigenvalue weighted by Gasteiger charge is -2.29. The van der Waals surface area contributed by atoms with Gasteiger partial charge in [0.1, 0.15) is 0 Å². The van der Waals surface area contributed by atoms with E-state index in [0.29, 0.717) is 12.5 Å². The number of hydrogen-bond acceptors (Lipinski definition) is 5. The number of aliphatic hydroxyl groups is 1. The van der Waals surface area contributed by atoms with Crippen LogP contribution < -0.4 is 4.90 Å². The second kappa shape index (κ2) is 5.32. The Hall–Kier alpha value is -2.01. The van der Waals surface area contributed by atoms with Crippen molar-refractivity contribution in [3.63, 3.8) is 0 Å². The third kappa shape index (κ3) is 2.71.